The van der Waals surface area contributed by atoms with Gasteiger partial charge in [0.2, 0.25) is 0 Å². The Morgan fingerprint density at radius 2 is 2.07 bits per heavy atom. The van der Waals surface area contributed by atoms with Gasteiger partial charge in [-0.1, -0.05) is 31.5 Å². The lowest BCUT2D eigenvalue weighted by atomic mass is 10.1. The zero-order valence-corrected chi connectivity index (χ0v) is 8.99. The number of anilines is 1. The molecule has 0 aromatic heterocycles. The van der Waals surface area contributed by atoms with E-state index in [1.54, 1.807) is 0 Å². The molecule has 0 spiro atoms. The van der Waals surface area contributed by atoms with Gasteiger partial charge in [0.25, 0.3) is 0 Å². The summed E-state index contributed by atoms with van der Waals surface area (Å²) >= 11 is 0. The zero-order valence-electron chi connectivity index (χ0n) is 8.99. The predicted molar refractivity (Wildman–Crippen MR) is 60.1 cm³/mol. The predicted octanol–water partition coefficient (Wildman–Crippen LogP) is 3.15. The Morgan fingerprint density at radius 1 is 1.36 bits per heavy atom. The minimum atomic E-state index is 0.0998. The summed E-state index contributed by atoms with van der Waals surface area (Å²) in [5.41, 5.74) is 7.75. The average molecular weight is 193 g/mol. The van der Waals surface area contributed by atoms with Gasteiger partial charge in [-0.2, -0.15) is 0 Å². The smallest absolute Gasteiger partial charge is 0.0816 e. The Balaban J connectivity index is 2.51. The van der Waals surface area contributed by atoms with Gasteiger partial charge in [0, 0.05) is 17.9 Å². The normalized spacial score (nSPS) is 12.7. The van der Waals surface area contributed by atoms with Crippen LogP contribution in [-0.4, -0.2) is 6.61 Å². The number of unbranched alkanes of at least 4 members (excludes halogenated alkanes) is 1. The number of hydrogen-bond acceptors (Lipinski definition) is 2. The van der Waals surface area contributed by atoms with E-state index in [9.17, 15) is 0 Å². The summed E-state index contributed by atoms with van der Waals surface area (Å²) in [6.45, 7) is 5.01. The topological polar surface area (TPSA) is 35.2 Å². The summed E-state index contributed by atoms with van der Waals surface area (Å²) in [5.74, 6) is 0. The lowest BCUT2D eigenvalue weighted by Crippen LogP contribution is -2.04. The molecule has 0 fully saturated rings. The molecule has 1 unspecified atom stereocenters. The molecular formula is C12H19NO. The van der Waals surface area contributed by atoms with Gasteiger partial charge < -0.3 is 10.5 Å². The number of nitrogens with two attached hydrogens (primary N) is 1. The average Bonchev–Trinajstić information content (AvgIpc) is 2.18. The van der Waals surface area contributed by atoms with Crippen LogP contribution in [0.4, 0.5) is 5.69 Å². The van der Waals surface area contributed by atoms with Crippen LogP contribution in [0.1, 0.15) is 38.4 Å². The van der Waals surface area contributed by atoms with Gasteiger partial charge in [0.05, 0.1) is 6.10 Å². The van der Waals surface area contributed by atoms with Crippen molar-refractivity contribution in [1.82, 2.24) is 0 Å². The van der Waals surface area contributed by atoms with Crippen LogP contribution in [0.15, 0.2) is 24.3 Å². The van der Waals surface area contributed by atoms with E-state index in [0.717, 1.165) is 30.7 Å². The number of nitrogen functional groups attached to an aromatic ring is 1. The van der Waals surface area contributed by atoms with Gasteiger partial charge in [0.15, 0.2) is 0 Å². The molecule has 0 bridgehead atoms. The molecule has 0 saturated heterocycles. The highest BCUT2D eigenvalue weighted by Gasteiger charge is 2.07. The second-order valence-electron chi connectivity index (χ2n) is 3.50. The Labute approximate surface area is 86.1 Å². The van der Waals surface area contributed by atoms with Crippen LogP contribution in [0.3, 0.4) is 0 Å². The molecule has 0 amide bonds. The van der Waals surface area contributed by atoms with E-state index in [2.05, 4.69) is 6.92 Å². The quantitative estimate of drug-likeness (QED) is 0.576. The van der Waals surface area contributed by atoms with E-state index in [-0.39, 0.29) is 6.10 Å². The Morgan fingerprint density at radius 3 is 2.71 bits per heavy atom. The molecule has 14 heavy (non-hydrogen) atoms. The Kier molecular flexibility index (Phi) is 4.47. The molecule has 0 aliphatic rings. The van der Waals surface area contributed by atoms with Crippen molar-refractivity contribution in [2.75, 3.05) is 12.3 Å². The molecule has 2 nitrogen and oxygen atoms in total. The van der Waals surface area contributed by atoms with Crippen LogP contribution in [0.25, 0.3) is 0 Å². The van der Waals surface area contributed by atoms with E-state index in [1.807, 2.05) is 31.2 Å². The summed E-state index contributed by atoms with van der Waals surface area (Å²) in [6.07, 6.45) is 2.37. The second-order valence-corrected chi connectivity index (χ2v) is 3.50. The highest BCUT2D eigenvalue weighted by molar-refractivity contribution is 5.47. The molecule has 0 saturated carbocycles. The number of rotatable bonds is 5. The maximum atomic E-state index is 5.85. The maximum absolute atomic E-state index is 5.85. The first-order valence-electron chi connectivity index (χ1n) is 5.21. The van der Waals surface area contributed by atoms with E-state index in [0.29, 0.717) is 0 Å². The van der Waals surface area contributed by atoms with Crippen molar-refractivity contribution in [2.45, 2.75) is 32.8 Å². The minimum Gasteiger partial charge on any atom is -0.398 e. The van der Waals surface area contributed by atoms with Crippen LogP contribution < -0.4 is 5.73 Å². The molecule has 1 rings (SSSR count). The van der Waals surface area contributed by atoms with Crippen molar-refractivity contribution in [3.05, 3.63) is 29.8 Å². The number of benzene rings is 1. The summed E-state index contributed by atoms with van der Waals surface area (Å²) in [6, 6.07) is 7.87. The lowest BCUT2D eigenvalue weighted by Gasteiger charge is -2.14. The van der Waals surface area contributed by atoms with E-state index >= 15 is 0 Å². The highest BCUT2D eigenvalue weighted by atomic mass is 16.5. The first-order chi connectivity index (χ1) is 6.75. The first-order valence-corrected chi connectivity index (χ1v) is 5.21. The molecular weight excluding hydrogens is 174 g/mol. The van der Waals surface area contributed by atoms with Gasteiger partial charge in [0.1, 0.15) is 0 Å². The standard InChI is InChI=1S/C12H19NO/c1-3-4-9-14-10(2)11-7-5-6-8-12(11)13/h5-8,10H,3-4,9,13H2,1-2H3. The Hall–Kier alpha value is -1.02. The fraction of sp³-hybridized carbons (Fsp3) is 0.500. The van der Waals surface area contributed by atoms with E-state index in [4.69, 9.17) is 10.5 Å². The van der Waals surface area contributed by atoms with Crippen molar-refractivity contribution < 1.29 is 4.74 Å². The van der Waals surface area contributed by atoms with Crippen LogP contribution in [0, 0.1) is 0 Å². The third-order valence-electron chi connectivity index (χ3n) is 2.30. The monoisotopic (exact) mass is 193 g/mol. The molecule has 1 atom stereocenters. The largest absolute Gasteiger partial charge is 0.398 e. The van der Waals surface area contributed by atoms with Crippen molar-refractivity contribution in [3.63, 3.8) is 0 Å². The van der Waals surface area contributed by atoms with Gasteiger partial charge in [-0.3, -0.25) is 0 Å². The highest BCUT2D eigenvalue weighted by Crippen LogP contribution is 2.22. The van der Waals surface area contributed by atoms with Crippen molar-refractivity contribution in [3.8, 4) is 0 Å². The molecule has 0 aliphatic heterocycles. The van der Waals surface area contributed by atoms with Crippen LogP contribution >= 0.6 is 0 Å². The molecule has 1 aromatic carbocycles. The molecule has 78 valence electrons. The molecule has 1 aromatic rings. The van der Waals surface area contributed by atoms with Crippen LogP contribution in [0.2, 0.25) is 0 Å². The maximum Gasteiger partial charge on any atom is 0.0816 e. The fourth-order valence-electron chi connectivity index (χ4n) is 1.38. The SMILES string of the molecule is CCCCOC(C)c1ccccc1N. The fourth-order valence-corrected chi connectivity index (χ4v) is 1.38. The third kappa shape index (κ3) is 3.04. The van der Waals surface area contributed by atoms with Crippen LogP contribution in [-0.2, 0) is 4.74 Å². The first kappa shape index (κ1) is 11.1. The Bertz CT molecular complexity index is 273. The molecule has 0 aliphatic carbocycles. The summed E-state index contributed by atoms with van der Waals surface area (Å²) in [7, 11) is 0. The van der Waals surface area contributed by atoms with Gasteiger partial charge in [-0.15, -0.1) is 0 Å². The second kappa shape index (κ2) is 5.66. The summed E-state index contributed by atoms with van der Waals surface area (Å²) in [4.78, 5) is 0. The number of ether oxygens (including phenoxy) is 1. The van der Waals surface area contributed by atoms with E-state index < -0.39 is 0 Å². The van der Waals surface area contributed by atoms with Gasteiger partial charge in [-0.25, -0.2) is 0 Å². The zero-order chi connectivity index (χ0) is 10.4. The minimum absolute atomic E-state index is 0.0998. The summed E-state index contributed by atoms with van der Waals surface area (Å²) in [5, 5.41) is 0. The third-order valence-corrected chi connectivity index (χ3v) is 2.30. The molecule has 0 radical (unpaired) electrons. The van der Waals surface area contributed by atoms with Gasteiger partial charge in [-0.05, 0) is 19.4 Å². The van der Waals surface area contributed by atoms with Crippen LogP contribution in [0.5, 0.6) is 0 Å². The number of para-hydroxylation sites is 1. The lowest BCUT2D eigenvalue weighted by molar-refractivity contribution is 0.0642. The molecule has 2 heteroatoms. The van der Waals surface area contributed by atoms with Crippen molar-refractivity contribution in [2.24, 2.45) is 0 Å². The van der Waals surface area contributed by atoms with Gasteiger partial charge >= 0.3 is 0 Å². The molecule has 2 N–H and O–H groups in total. The number of hydrogen-bond donors (Lipinski definition) is 1. The summed E-state index contributed by atoms with van der Waals surface area (Å²) < 4.78 is 5.67. The molecule has 0 heterocycles. The van der Waals surface area contributed by atoms with Crippen molar-refractivity contribution in [1.29, 1.82) is 0 Å². The van der Waals surface area contributed by atoms with E-state index in [1.165, 1.54) is 0 Å². The van der Waals surface area contributed by atoms with Crippen molar-refractivity contribution >= 4 is 5.69 Å².